The van der Waals surface area contributed by atoms with Crippen LogP contribution in [0.2, 0.25) is 0 Å². The number of rotatable bonds is 15. The van der Waals surface area contributed by atoms with Gasteiger partial charge in [0, 0.05) is 6.42 Å². The number of aliphatic hydroxyl groups excluding tert-OH is 1. The van der Waals surface area contributed by atoms with E-state index in [1.54, 1.807) is 0 Å². The molecular formula is C20H40O. The lowest BCUT2D eigenvalue weighted by Crippen LogP contribution is -1.93. The summed E-state index contributed by atoms with van der Waals surface area (Å²) in [6, 6.07) is 0. The van der Waals surface area contributed by atoms with Crippen molar-refractivity contribution in [3.63, 3.8) is 0 Å². The van der Waals surface area contributed by atoms with Gasteiger partial charge in [-0.1, -0.05) is 85.0 Å². The Bertz CT molecular complexity index is 242. The van der Waals surface area contributed by atoms with Gasteiger partial charge < -0.3 is 5.11 Å². The number of allylic oxidation sites excluding steroid dienone is 2. The highest BCUT2D eigenvalue weighted by molar-refractivity contribution is 5.06. The van der Waals surface area contributed by atoms with Crippen LogP contribution in [-0.4, -0.2) is 5.11 Å². The molecule has 0 aliphatic heterocycles. The minimum atomic E-state index is 0.705. The summed E-state index contributed by atoms with van der Waals surface area (Å²) in [5.74, 6) is 0.705. The molecule has 0 heterocycles. The Morgan fingerprint density at radius 1 is 0.571 bits per heavy atom. The molecular weight excluding hydrogens is 256 g/mol. The van der Waals surface area contributed by atoms with Crippen molar-refractivity contribution in [2.24, 2.45) is 0 Å². The van der Waals surface area contributed by atoms with E-state index in [0.29, 0.717) is 5.76 Å². The second-order valence-corrected chi connectivity index (χ2v) is 6.44. The van der Waals surface area contributed by atoms with Crippen LogP contribution in [0.15, 0.2) is 11.3 Å². The SMILES string of the molecule is CCCCCCCCCCC(CC)=C(O)CCCCCC. The second kappa shape index (κ2) is 15.9. The summed E-state index contributed by atoms with van der Waals surface area (Å²) in [6.45, 7) is 6.69. The fourth-order valence-electron chi connectivity index (χ4n) is 2.89. The summed E-state index contributed by atoms with van der Waals surface area (Å²) >= 11 is 0. The van der Waals surface area contributed by atoms with Crippen molar-refractivity contribution in [2.45, 2.75) is 117 Å². The van der Waals surface area contributed by atoms with Gasteiger partial charge >= 0.3 is 0 Å². The Labute approximate surface area is 134 Å². The third-order valence-electron chi connectivity index (χ3n) is 4.43. The first-order valence-electron chi connectivity index (χ1n) is 9.66. The Balaban J connectivity index is 3.67. The van der Waals surface area contributed by atoms with Crippen molar-refractivity contribution in [3.8, 4) is 0 Å². The third-order valence-corrected chi connectivity index (χ3v) is 4.43. The van der Waals surface area contributed by atoms with Gasteiger partial charge in [-0.3, -0.25) is 0 Å². The maximum absolute atomic E-state index is 10.2. The van der Waals surface area contributed by atoms with E-state index in [0.717, 1.165) is 25.7 Å². The molecule has 1 heteroatoms. The molecule has 0 spiro atoms. The molecule has 0 saturated heterocycles. The molecule has 0 rings (SSSR count). The summed E-state index contributed by atoms with van der Waals surface area (Å²) in [5.41, 5.74) is 1.32. The van der Waals surface area contributed by atoms with Crippen molar-refractivity contribution < 1.29 is 5.11 Å². The van der Waals surface area contributed by atoms with Crippen LogP contribution in [0.4, 0.5) is 0 Å². The molecule has 126 valence electrons. The molecule has 21 heavy (non-hydrogen) atoms. The van der Waals surface area contributed by atoms with Crippen LogP contribution < -0.4 is 0 Å². The van der Waals surface area contributed by atoms with Gasteiger partial charge in [0.1, 0.15) is 0 Å². The average Bonchev–Trinajstić information content (AvgIpc) is 2.50. The van der Waals surface area contributed by atoms with Gasteiger partial charge in [-0.25, -0.2) is 0 Å². The molecule has 0 atom stereocenters. The van der Waals surface area contributed by atoms with Gasteiger partial charge in [-0.05, 0) is 31.3 Å². The highest BCUT2D eigenvalue weighted by Crippen LogP contribution is 2.20. The molecule has 0 bridgehead atoms. The Hall–Kier alpha value is -0.460. The van der Waals surface area contributed by atoms with Crippen molar-refractivity contribution in [3.05, 3.63) is 11.3 Å². The largest absolute Gasteiger partial charge is 0.512 e. The fraction of sp³-hybridized carbons (Fsp3) is 0.900. The quantitative estimate of drug-likeness (QED) is 0.242. The first kappa shape index (κ1) is 20.5. The maximum Gasteiger partial charge on any atom is 0.0914 e. The van der Waals surface area contributed by atoms with E-state index in [1.807, 2.05) is 0 Å². The van der Waals surface area contributed by atoms with E-state index in [-0.39, 0.29) is 0 Å². The fourth-order valence-corrected chi connectivity index (χ4v) is 2.89. The summed E-state index contributed by atoms with van der Waals surface area (Å²) in [4.78, 5) is 0. The minimum absolute atomic E-state index is 0.705. The Kier molecular flexibility index (Phi) is 15.6. The van der Waals surface area contributed by atoms with Crippen LogP contribution in [0.3, 0.4) is 0 Å². The second-order valence-electron chi connectivity index (χ2n) is 6.44. The minimum Gasteiger partial charge on any atom is -0.512 e. The summed E-state index contributed by atoms with van der Waals surface area (Å²) in [6.07, 6.45) is 18.9. The van der Waals surface area contributed by atoms with Crippen molar-refractivity contribution in [2.75, 3.05) is 0 Å². The van der Waals surface area contributed by atoms with Gasteiger partial charge in [-0.2, -0.15) is 0 Å². The Morgan fingerprint density at radius 2 is 1.00 bits per heavy atom. The summed E-state index contributed by atoms with van der Waals surface area (Å²) in [5, 5.41) is 10.2. The molecule has 0 fully saturated rings. The van der Waals surface area contributed by atoms with Crippen LogP contribution in [0.25, 0.3) is 0 Å². The van der Waals surface area contributed by atoms with Gasteiger partial charge in [-0.15, -0.1) is 0 Å². The first-order valence-corrected chi connectivity index (χ1v) is 9.66. The molecule has 0 unspecified atom stereocenters. The normalized spacial score (nSPS) is 12.5. The molecule has 0 aliphatic rings. The van der Waals surface area contributed by atoms with Gasteiger partial charge in [0.05, 0.1) is 5.76 Å². The molecule has 0 aromatic rings. The molecule has 0 aromatic carbocycles. The van der Waals surface area contributed by atoms with E-state index in [1.165, 1.54) is 76.2 Å². The maximum atomic E-state index is 10.2. The van der Waals surface area contributed by atoms with E-state index >= 15 is 0 Å². The lowest BCUT2D eigenvalue weighted by atomic mass is 10.00. The monoisotopic (exact) mass is 296 g/mol. The van der Waals surface area contributed by atoms with Crippen LogP contribution in [-0.2, 0) is 0 Å². The molecule has 0 amide bonds. The number of aliphatic hydroxyl groups is 1. The molecule has 1 nitrogen and oxygen atoms in total. The highest BCUT2D eigenvalue weighted by atomic mass is 16.3. The average molecular weight is 297 g/mol. The van der Waals surface area contributed by atoms with Crippen LogP contribution in [0.1, 0.15) is 117 Å². The smallest absolute Gasteiger partial charge is 0.0914 e. The number of unbranched alkanes of at least 4 members (excludes halogenated alkanes) is 10. The predicted octanol–water partition coefficient (Wildman–Crippen LogP) is 7.71. The van der Waals surface area contributed by atoms with Crippen LogP contribution >= 0.6 is 0 Å². The zero-order valence-corrected chi connectivity index (χ0v) is 15.1. The molecule has 0 aromatic heterocycles. The number of hydrogen-bond acceptors (Lipinski definition) is 1. The number of hydrogen-bond donors (Lipinski definition) is 1. The van der Waals surface area contributed by atoms with Crippen molar-refractivity contribution in [1.82, 2.24) is 0 Å². The lowest BCUT2D eigenvalue weighted by molar-refractivity contribution is 0.367. The lowest BCUT2D eigenvalue weighted by Gasteiger charge is -2.09. The van der Waals surface area contributed by atoms with Gasteiger partial charge in [0.25, 0.3) is 0 Å². The standard InChI is InChI=1S/C20H40O/c1-4-7-9-11-12-13-14-15-17-19(6-3)20(21)18-16-10-8-5-2/h21H,4-18H2,1-3H3. The van der Waals surface area contributed by atoms with E-state index < -0.39 is 0 Å². The molecule has 0 radical (unpaired) electrons. The topological polar surface area (TPSA) is 20.2 Å². The zero-order chi connectivity index (χ0) is 15.8. The van der Waals surface area contributed by atoms with Crippen LogP contribution in [0, 0.1) is 0 Å². The summed E-state index contributed by atoms with van der Waals surface area (Å²) < 4.78 is 0. The molecule has 0 saturated carbocycles. The van der Waals surface area contributed by atoms with E-state index in [4.69, 9.17) is 0 Å². The van der Waals surface area contributed by atoms with Crippen molar-refractivity contribution >= 4 is 0 Å². The molecule has 0 aliphatic carbocycles. The highest BCUT2D eigenvalue weighted by Gasteiger charge is 2.04. The van der Waals surface area contributed by atoms with Crippen molar-refractivity contribution in [1.29, 1.82) is 0 Å². The first-order chi connectivity index (χ1) is 10.3. The van der Waals surface area contributed by atoms with E-state index in [2.05, 4.69) is 20.8 Å². The molecule has 1 N–H and O–H groups in total. The summed E-state index contributed by atoms with van der Waals surface area (Å²) in [7, 11) is 0. The predicted molar refractivity (Wildman–Crippen MR) is 95.9 cm³/mol. The van der Waals surface area contributed by atoms with Gasteiger partial charge in [0.2, 0.25) is 0 Å². The third kappa shape index (κ3) is 13.0. The van der Waals surface area contributed by atoms with Crippen LogP contribution in [0.5, 0.6) is 0 Å². The zero-order valence-electron chi connectivity index (χ0n) is 15.1. The Morgan fingerprint density at radius 3 is 1.52 bits per heavy atom. The van der Waals surface area contributed by atoms with E-state index in [9.17, 15) is 5.11 Å². The van der Waals surface area contributed by atoms with Gasteiger partial charge in [0.15, 0.2) is 0 Å².